The molecule has 0 aliphatic carbocycles. The molecule has 3 rings (SSSR count). The molecule has 0 fully saturated rings. The van der Waals surface area contributed by atoms with Crippen LogP contribution in [0.2, 0.25) is 5.02 Å². The number of anilines is 1. The molecule has 0 unspecified atom stereocenters. The molecule has 3 aromatic carbocycles. The number of halogens is 1. The van der Waals surface area contributed by atoms with E-state index < -0.39 is 10.0 Å². The Bertz CT molecular complexity index is 1180. The van der Waals surface area contributed by atoms with Crippen molar-refractivity contribution in [1.29, 1.82) is 0 Å². The van der Waals surface area contributed by atoms with Crippen LogP contribution in [0.5, 0.6) is 0 Å². The number of aryl methyl sites for hydroxylation is 2. The quantitative estimate of drug-likeness (QED) is 0.582. The molecule has 0 aliphatic heterocycles. The summed E-state index contributed by atoms with van der Waals surface area (Å²) in [5.41, 5.74) is 3.12. The third-order valence-electron chi connectivity index (χ3n) is 4.79. The van der Waals surface area contributed by atoms with Gasteiger partial charge in [-0.25, -0.2) is 8.42 Å². The minimum Gasteiger partial charge on any atom is -0.337 e. The highest BCUT2D eigenvalue weighted by Gasteiger charge is 2.21. The second-order valence-electron chi connectivity index (χ2n) is 7.19. The minimum absolute atomic E-state index is 0.0801. The Morgan fingerprint density at radius 1 is 0.967 bits per heavy atom. The van der Waals surface area contributed by atoms with Crippen molar-refractivity contribution in [2.75, 3.05) is 11.8 Å². The summed E-state index contributed by atoms with van der Waals surface area (Å²) < 4.78 is 28.6. The number of sulfonamides is 1. The zero-order valence-corrected chi connectivity index (χ0v) is 18.6. The van der Waals surface area contributed by atoms with Gasteiger partial charge < -0.3 is 4.90 Å². The van der Waals surface area contributed by atoms with Gasteiger partial charge in [0, 0.05) is 24.2 Å². The Morgan fingerprint density at radius 3 is 2.30 bits per heavy atom. The lowest BCUT2D eigenvalue weighted by molar-refractivity contribution is 0.0785. The summed E-state index contributed by atoms with van der Waals surface area (Å²) in [5, 5.41) is 0.627. The molecule has 3 aromatic rings. The lowest BCUT2D eigenvalue weighted by Crippen LogP contribution is -2.26. The van der Waals surface area contributed by atoms with Crippen LogP contribution in [0.1, 0.15) is 27.0 Å². The van der Waals surface area contributed by atoms with Crippen molar-refractivity contribution in [3.8, 4) is 0 Å². The van der Waals surface area contributed by atoms with Crippen molar-refractivity contribution in [1.82, 2.24) is 4.90 Å². The molecular weight excluding hydrogens is 420 g/mol. The van der Waals surface area contributed by atoms with Gasteiger partial charge in [-0.3, -0.25) is 9.52 Å². The van der Waals surface area contributed by atoms with Crippen molar-refractivity contribution in [2.24, 2.45) is 0 Å². The van der Waals surface area contributed by atoms with Crippen molar-refractivity contribution in [2.45, 2.75) is 25.3 Å². The smallest absolute Gasteiger partial charge is 0.262 e. The number of nitrogens with zero attached hydrogens (tertiary/aromatic N) is 1. The molecule has 0 aromatic heterocycles. The third-order valence-corrected chi connectivity index (χ3v) is 6.55. The maximum absolute atomic E-state index is 13.0. The monoisotopic (exact) mass is 442 g/mol. The van der Waals surface area contributed by atoms with Crippen LogP contribution in [0.3, 0.4) is 0 Å². The van der Waals surface area contributed by atoms with E-state index in [1.54, 1.807) is 55.3 Å². The average Bonchev–Trinajstić information content (AvgIpc) is 2.71. The Balaban J connectivity index is 1.85. The van der Waals surface area contributed by atoms with E-state index in [0.29, 0.717) is 28.4 Å². The number of nitrogens with one attached hydrogen (secondary N) is 1. The summed E-state index contributed by atoms with van der Waals surface area (Å²) in [4.78, 5) is 14.5. The van der Waals surface area contributed by atoms with E-state index in [1.807, 2.05) is 31.2 Å². The Kier molecular flexibility index (Phi) is 6.48. The van der Waals surface area contributed by atoms with Gasteiger partial charge in [-0.2, -0.15) is 0 Å². The van der Waals surface area contributed by atoms with Crippen molar-refractivity contribution in [3.05, 3.63) is 94.0 Å². The summed E-state index contributed by atoms with van der Waals surface area (Å²) in [6.07, 6.45) is 0. The molecule has 0 heterocycles. The molecule has 0 bridgehead atoms. The number of carbonyl (C=O) groups is 1. The van der Waals surface area contributed by atoms with Gasteiger partial charge in [0.25, 0.3) is 15.9 Å². The van der Waals surface area contributed by atoms with E-state index in [1.165, 1.54) is 6.07 Å². The fourth-order valence-corrected chi connectivity index (χ4v) is 4.59. The van der Waals surface area contributed by atoms with Gasteiger partial charge >= 0.3 is 0 Å². The zero-order valence-electron chi connectivity index (χ0n) is 17.0. The average molecular weight is 443 g/mol. The standard InChI is InChI=1S/C23H23ClN2O3S/c1-16-6-4-5-7-21(16)25-30(28,29)22-14-19(11-8-17(22)2)23(27)26(3)15-18-9-12-20(24)13-10-18/h4-14,25H,15H2,1-3H3. The summed E-state index contributed by atoms with van der Waals surface area (Å²) in [6.45, 7) is 3.92. The van der Waals surface area contributed by atoms with Gasteiger partial charge in [0.15, 0.2) is 0 Å². The third kappa shape index (κ3) is 5.01. The molecule has 0 saturated carbocycles. The highest BCUT2D eigenvalue weighted by atomic mass is 35.5. The predicted octanol–water partition coefficient (Wildman–Crippen LogP) is 5.03. The van der Waals surface area contributed by atoms with Gasteiger partial charge in [-0.15, -0.1) is 0 Å². The number of carbonyl (C=O) groups excluding carboxylic acids is 1. The molecule has 1 N–H and O–H groups in total. The van der Waals surface area contributed by atoms with Crippen LogP contribution >= 0.6 is 11.6 Å². The summed E-state index contributed by atoms with van der Waals surface area (Å²) in [5.74, 6) is -0.266. The summed E-state index contributed by atoms with van der Waals surface area (Å²) in [7, 11) is -2.17. The van der Waals surface area contributed by atoms with Crippen LogP contribution in [0.25, 0.3) is 0 Å². The maximum Gasteiger partial charge on any atom is 0.262 e. The van der Waals surface area contributed by atoms with Crippen LogP contribution in [0.15, 0.2) is 71.6 Å². The lowest BCUT2D eigenvalue weighted by atomic mass is 10.1. The first-order chi connectivity index (χ1) is 14.2. The maximum atomic E-state index is 13.0. The number of hydrogen-bond donors (Lipinski definition) is 1. The summed E-state index contributed by atoms with van der Waals surface area (Å²) in [6, 6.07) is 19.1. The topological polar surface area (TPSA) is 66.5 Å². The van der Waals surface area contributed by atoms with Crippen LogP contribution in [-0.4, -0.2) is 26.3 Å². The van der Waals surface area contributed by atoms with Gasteiger partial charge in [-0.05, 0) is 60.9 Å². The van der Waals surface area contributed by atoms with Gasteiger partial charge in [-0.1, -0.05) is 48.0 Å². The first-order valence-electron chi connectivity index (χ1n) is 9.36. The lowest BCUT2D eigenvalue weighted by Gasteiger charge is -2.19. The van der Waals surface area contributed by atoms with Crippen LogP contribution in [0.4, 0.5) is 5.69 Å². The van der Waals surface area contributed by atoms with E-state index in [2.05, 4.69) is 4.72 Å². The molecule has 0 aliphatic rings. The Hall–Kier alpha value is -2.83. The SMILES string of the molecule is Cc1ccccc1NS(=O)(=O)c1cc(C(=O)N(C)Cc2ccc(Cl)cc2)ccc1C. The van der Waals surface area contributed by atoms with E-state index in [0.717, 1.165) is 11.1 Å². The molecule has 0 atom stereocenters. The predicted molar refractivity (Wildman–Crippen MR) is 120 cm³/mol. The zero-order chi connectivity index (χ0) is 21.9. The van der Waals surface area contributed by atoms with Crippen LogP contribution < -0.4 is 4.72 Å². The van der Waals surface area contributed by atoms with E-state index in [4.69, 9.17) is 11.6 Å². The molecule has 0 saturated heterocycles. The first kappa shape index (κ1) is 21.9. The molecule has 0 spiro atoms. The first-order valence-corrected chi connectivity index (χ1v) is 11.2. The fraction of sp³-hybridized carbons (Fsp3) is 0.174. The number of benzene rings is 3. The number of rotatable bonds is 6. The number of hydrogen-bond acceptors (Lipinski definition) is 3. The van der Waals surface area contributed by atoms with Gasteiger partial charge in [0.05, 0.1) is 10.6 Å². The van der Waals surface area contributed by atoms with Crippen molar-refractivity contribution >= 4 is 33.2 Å². The van der Waals surface area contributed by atoms with Gasteiger partial charge in [0.1, 0.15) is 0 Å². The highest BCUT2D eigenvalue weighted by Crippen LogP contribution is 2.23. The Morgan fingerprint density at radius 2 is 1.63 bits per heavy atom. The summed E-state index contributed by atoms with van der Waals surface area (Å²) >= 11 is 5.91. The normalized spacial score (nSPS) is 11.2. The second kappa shape index (κ2) is 8.90. The van der Waals surface area contributed by atoms with Gasteiger partial charge in [0.2, 0.25) is 0 Å². The largest absolute Gasteiger partial charge is 0.337 e. The molecule has 1 amide bonds. The van der Waals surface area contributed by atoms with Crippen LogP contribution in [-0.2, 0) is 16.6 Å². The van der Waals surface area contributed by atoms with Crippen molar-refractivity contribution < 1.29 is 13.2 Å². The molecular formula is C23H23ClN2O3S. The Labute approximate surface area is 182 Å². The minimum atomic E-state index is -3.85. The number of para-hydroxylation sites is 1. The van der Waals surface area contributed by atoms with E-state index in [-0.39, 0.29) is 10.8 Å². The molecule has 7 heteroatoms. The second-order valence-corrected chi connectivity index (χ2v) is 9.28. The molecule has 0 radical (unpaired) electrons. The molecule has 156 valence electrons. The molecule has 5 nitrogen and oxygen atoms in total. The molecule has 30 heavy (non-hydrogen) atoms. The van der Waals surface area contributed by atoms with E-state index >= 15 is 0 Å². The number of amides is 1. The van der Waals surface area contributed by atoms with E-state index in [9.17, 15) is 13.2 Å². The highest BCUT2D eigenvalue weighted by molar-refractivity contribution is 7.92. The van der Waals surface area contributed by atoms with Crippen LogP contribution in [0, 0.1) is 13.8 Å². The van der Waals surface area contributed by atoms with Crippen molar-refractivity contribution in [3.63, 3.8) is 0 Å². The fourth-order valence-electron chi connectivity index (χ4n) is 3.07.